The van der Waals surface area contributed by atoms with E-state index in [9.17, 15) is 5.11 Å². The van der Waals surface area contributed by atoms with Gasteiger partial charge in [-0.25, -0.2) is 4.98 Å². The van der Waals surface area contributed by atoms with Crippen LogP contribution in [0.2, 0.25) is 0 Å². The topological polar surface area (TPSA) is 57.2 Å². The molecule has 0 amide bonds. The van der Waals surface area contributed by atoms with Crippen molar-refractivity contribution < 1.29 is 5.11 Å². The molecule has 2 aliphatic carbocycles. The van der Waals surface area contributed by atoms with Gasteiger partial charge in [0.2, 0.25) is 0 Å². The van der Waals surface area contributed by atoms with Gasteiger partial charge in [-0.3, -0.25) is 0 Å². The van der Waals surface area contributed by atoms with Crippen LogP contribution in [0.3, 0.4) is 0 Å². The minimum absolute atomic E-state index is 0.138. The van der Waals surface area contributed by atoms with Crippen LogP contribution < -0.4 is 10.6 Å². The van der Waals surface area contributed by atoms with Gasteiger partial charge in [0.05, 0.1) is 5.56 Å². The number of hydrogen-bond donors (Lipinski definition) is 3. The van der Waals surface area contributed by atoms with Crippen molar-refractivity contribution in [1.82, 2.24) is 10.3 Å². The van der Waals surface area contributed by atoms with Crippen molar-refractivity contribution in [2.24, 2.45) is 5.41 Å². The Balaban J connectivity index is 1.59. The maximum atomic E-state index is 10.3. The number of aryl methyl sites for hydroxylation is 1. The Hall–Kier alpha value is -2.37. The van der Waals surface area contributed by atoms with Gasteiger partial charge in [0.25, 0.3) is 0 Å². The van der Waals surface area contributed by atoms with Gasteiger partial charge < -0.3 is 15.7 Å². The number of nitrogens with zero attached hydrogens (tertiary/aromatic N) is 1. The number of pyridine rings is 1. The van der Waals surface area contributed by atoms with Crippen molar-refractivity contribution in [2.45, 2.75) is 46.0 Å². The predicted molar refractivity (Wildman–Crippen MR) is 129 cm³/mol. The first kappa shape index (κ1) is 20.9. The van der Waals surface area contributed by atoms with Crippen molar-refractivity contribution in [2.75, 3.05) is 18.9 Å². The number of aromatic nitrogens is 1. The van der Waals surface area contributed by atoms with Gasteiger partial charge in [-0.1, -0.05) is 32.6 Å². The summed E-state index contributed by atoms with van der Waals surface area (Å²) in [7, 11) is 1.98. The monoisotopic (exact) mass is 421 g/mol. The molecule has 0 spiro atoms. The zero-order valence-electron chi connectivity index (χ0n) is 18.1. The molecule has 2 aliphatic rings. The molecule has 0 bridgehead atoms. The number of hydrogen-bond acceptors (Lipinski definition) is 5. The van der Waals surface area contributed by atoms with Crippen molar-refractivity contribution in [3.8, 4) is 0 Å². The minimum atomic E-state index is 0.138. The van der Waals surface area contributed by atoms with Crippen molar-refractivity contribution in [3.05, 3.63) is 64.2 Å². The standard InChI is InChI=1S/C25H31N3OS/c1-16(29)23-20-13-25(2,3)12-11-21(20)30-24(23)28-22-10-9-18(15-27-22)19-8-6-5-7-17(19)14-26-4/h7-10,15,26,29H,1,5-6,11-14H2,2-4H3,(H,27,28). The van der Waals surface area contributed by atoms with Gasteiger partial charge in [0.1, 0.15) is 16.6 Å². The highest BCUT2D eigenvalue weighted by Gasteiger charge is 2.31. The number of rotatable bonds is 6. The maximum Gasteiger partial charge on any atom is 0.130 e. The molecule has 5 heteroatoms. The van der Waals surface area contributed by atoms with E-state index in [1.54, 1.807) is 11.3 Å². The molecule has 0 fully saturated rings. The summed E-state index contributed by atoms with van der Waals surface area (Å²) in [5.74, 6) is 0.924. The molecule has 2 aromatic heterocycles. The highest BCUT2D eigenvalue weighted by molar-refractivity contribution is 7.16. The van der Waals surface area contributed by atoms with Crippen LogP contribution >= 0.6 is 11.3 Å². The second-order valence-electron chi connectivity index (χ2n) is 9.01. The molecule has 158 valence electrons. The molecule has 0 unspecified atom stereocenters. The molecular formula is C25H31N3OS. The van der Waals surface area contributed by atoms with E-state index in [2.05, 4.69) is 54.3 Å². The Morgan fingerprint density at radius 1 is 1.27 bits per heavy atom. The molecule has 3 N–H and O–H groups in total. The van der Waals surface area contributed by atoms with Gasteiger partial charge in [0, 0.05) is 23.2 Å². The zero-order valence-corrected chi connectivity index (χ0v) is 19.0. The number of aliphatic hydroxyl groups is 1. The van der Waals surface area contributed by atoms with E-state index in [4.69, 9.17) is 0 Å². The normalized spacial score (nSPS) is 17.7. The fourth-order valence-corrected chi connectivity index (χ4v) is 5.69. The Kier molecular flexibility index (Phi) is 5.85. The summed E-state index contributed by atoms with van der Waals surface area (Å²) < 4.78 is 0. The lowest BCUT2D eigenvalue weighted by Gasteiger charge is -2.29. The Bertz CT molecular complexity index is 1010. The van der Waals surface area contributed by atoms with Crippen LogP contribution in [-0.2, 0) is 12.8 Å². The third-order valence-corrected chi connectivity index (χ3v) is 7.21. The third kappa shape index (κ3) is 4.23. The SMILES string of the molecule is C=C(O)c1c(Nc2ccc(C3=CCCC=C3CNC)cn2)sc2c1CC(C)(C)CC2. The lowest BCUT2D eigenvalue weighted by atomic mass is 9.76. The van der Waals surface area contributed by atoms with Gasteiger partial charge in [-0.2, -0.15) is 0 Å². The molecule has 4 nitrogen and oxygen atoms in total. The number of aliphatic hydroxyl groups excluding tert-OH is 1. The lowest BCUT2D eigenvalue weighted by molar-refractivity contribution is 0.317. The summed E-state index contributed by atoms with van der Waals surface area (Å²) >= 11 is 1.72. The molecule has 0 saturated carbocycles. The largest absolute Gasteiger partial charge is 0.508 e. The Morgan fingerprint density at radius 2 is 2.07 bits per heavy atom. The summed E-state index contributed by atoms with van der Waals surface area (Å²) in [5, 5.41) is 18.0. The summed E-state index contributed by atoms with van der Waals surface area (Å²) in [4.78, 5) is 6.03. The first-order chi connectivity index (χ1) is 14.4. The minimum Gasteiger partial charge on any atom is -0.508 e. The Labute approximate surface area is 183 Å². The molecule has 2 heterocycles. The summed E-state index contributed by atoms with van der Waals surface area (Å²) in [5.41, 5.74) is 6.11. The molecule has 0 aliphatic heterocycles. The van der Waals surface area contributed by atoms with Crippen LogP contribution in [0.1, 0.15) is 54.7 Å². The van der Waals surface area contributed by atoms with Crippen LogP contribution in [0.4, 0.5) is 10.8 Å². The van der Waals surface area contributed by atoms with E-state index in [0.29, 0.717) is 0 Å². The second-order valence-corrected chi connectivity index (χ2v) is 10.1. The number of fused-ring (bicyclic) bond motifs is 1. The van der Waals surface area contributed by atoms with Crippen LogP contribution in [0.15, 0.2) is 42.6 Å². The summed E-state index contributed by atoms with van der Waals surface area (Å²) in [6.45, 7) is 9.29. The molecule has 30 heavy (non-hydrogen) atoms. The second kappa shape index (κ2) is 8.40. The molecule has 0 aromatic carbocycles. The van der Waals surface area contributed by atoms with Crippen LogP contribution in [0.5, 0.6) is 0 Å². The van der Waals surface area contributed by atoms with Crippen LogP contribution in [-0.4, -0.2) is 23.7 Å². The average Bonchev–Trinajstić information content (AvgIpc) is 3.05. The van der Waals surface area contributed by atoms with E-state index >= 15 is 0 Å². The van der Waals surface area contributed by atoms with Gasteiger partial charge in [0.15, 0.2) is 0 Å². The number of nitrogens with one attached hydrogen (secondary N) is 2. The summed E-state index contributed by atoms with van der Waals surface area (Å²) in [6, 6.07) is 4.15. The lowest BCUT2D eigenvalue weighted by Crippen LogP contribution is -2.21. The predicted octanol–water partition coefficient (Wildman–Crippen LogP) is 6.25. The van der Waals surface area contributed by atoms with E-state index in [0.717, 1.165) is 54.2 Å². The highest BCUT2D eigenvalue weighted by Crippen LogP contribution is 2.46. The molecule has 4 rings (SSSR count). The number of allylic oxidation sites excluding steroid dienone is 2. The van der Waals surface area contributed by atoms with E-state index in [-0.39, 0.29) is 11.2 Å². The molecule has 0 radical (unpaired) electrons. The number of anilines is 2. The smallest absolute Gasteiger partial charge is 0.130 e. The summed E-state index contributed by atoms with van der Waals surface area (Å²) in [6.07, 6.45) is 11.9. The molecule has 0 saturated heterocycles. The fourth-order valence-electron chi connectivity index (χ4n) is 4.44. The highest BCUT2D eigenvalue weighted by atomic mass is 32.1. The zero-order chi connectivity index (χ0) is 21.3. The van der Waals surface area contributed by atoms with E-state index in [1.807, 2.05) is 19.3 Å². The quantitative estimate of drug-likeness (QED) is 0.482. The Morgan fingerprint density at radius 3 is 2.77 bits per heavy atom. The van der Waals surface area contributed by atoms with E-state index < -0.39 is 0 Å². The van der Waals surface area contributed by atoms with Crippen LogP contribution in [0.25, 0.3) is 11.3 Å². The molecule has 0 atom stereocenters. The first-order valence-electron chi connectivity index (χ1n) is 10.7. The van der Waals surface area contributed by atoms with Gasteiger partial charge >= 0.3 is 0 Å². The molecular weight excluding hydrogens is 390 g/mol. The first-order valence-corrected chi connectivity index (χ1v) is 11.5. The van der Waals surface area contributed by atoms with Crippen LogP contribution in [0, 0.1) is 5.41 Å². The van der Waals surface area contributed by atoms with Crippen molar-refractivity contribution in [1.29, 1.82) is 0 Å². The van der Waals surface area contributed by atoms with Crippen molar-refractivity contribution >= 4 is 33.5 Å². The number of thiophene rings is 1. The van der Waals surface area contributed by atoms with Gasteiger partial charge in [-0.15, -0.1) is 11.3 Å². The van der Waals surface area contributed by atoms with Gasteiger partial charge in [-0.05, 0) is 73.4 Å². The van der Waals surface area contributed by atoms with Crippen molar-refractivity contribution in [3.63, 3.8) is 0 Å². The third-order valence-electron chi connectivity index (χ3n) is 6.00. The number of likely N-dealkylation sites (N-methyl/N-ethyl adjacent to an activating group) is 1. The average molecular weight is 422 g/mol. The van der Waals surface area contributed by atoms with E-state index in [1.165, 1.54) is 28.0 Å². The molecule has 2 aromatic rings. The fraction of sp³-hybridized carbons (Fsp3) is 0.400. The maximum absolute atomic E-state index is 10.3.